The number of Topliss-reactive ketones (excluding diaryl/α,β-unsaturated/α-hetero) is 1. The lowest BCUT2D eigenvalue weighted by Crippen LogP contribution is -2.20. The second kappa shape index (κ2) is 9.64. The molecule has 0 aliphatic carbocycles. The van der Waals surface area contributed by atoms with E-state index in [-0.39, 0.29) is 11.2 Å². The van der Waals surface area contributed by atoms with E-state index in [9.17, 15) is 9.59 Å². The fourth-order valence-corrected chi connectivity index (χ4v) is 3.43. The number of carbonyl (C=O) groups is 2. The smallest absolute Gasteiger partial charge is 0.168 e. The average Bonchev–Trinajstić information content (AvgIpc) is 2.67. The van der Waals surface area contributed by atoms with Crippen LogP contribution in [0.2, 0.25) is 0 Å². The maximum atomic E-state index is 12.4. The Bertz CT molecular complexity index is 733. The molecule has 1 atom stereocenters. The minimum Gasteiger partial charge on any atom is -0.298 e. The summed E-state index contributed by atoms with van der Waals surface area (Å²) in [7, 11) is 0. The summed E-state index contributed by atoms with van der Waals surface area (Å²) in [6, 6.07) is 16.1. The molecule has 0 saturated heterocycles. The van der Waals surface area contributed by atoms with Crippen LogP contribution in [0, 0.1) is 5.41 Å². The normalized spacial score (nSPS) is 12.6. The number of aryl methyl sites for hydroxylation is 1. The van der Waals surface area contributed by atoms with Gasteiger partial charge in [0.25, 0.3) is 0 Å². The third-order valence-electron chi connectivity index (χ3n) is 5.20. The van der Waals surface area contributed by atoms with Crippen molar-refractivity contribution in [1.29, 1.82) is 0 Å². The lowest BCUT2D eigenvalue weighted by atomic mass is 9.85. The summed E-state index contributed by atoms with van der Waals surface area (Å²) in [5.74, 6) is 0.740. The Morgan fingerprint density at radius 3 is 2.11 bits per heavy atom. The zero-order valence-corrected chi connectivity index (χ0v) is 17.1. The van der Waals surface area contributed by atoms with E-state index in [1.54, 1.807) is 0 Å². The topological polar surface area (TPSA) is 34.1 Å². The van der Waals surface area contributed by atoms with E-state index < -0.39 is 0 Å². The molecule has 0 N–H and O–H groups in total. The first-order chi connectivity index (χ1) is 12.8. The molecule has 0 fully saturated rings. The molecule has 2 heteroatoms. The molecule has 0 aliphatic rings. The van der Waals surface area contributed by atoms with Gasteiger partial charge in [-0.05, 0) is 42.7 Å². The van der Waals surface area contributed by atoms with Crippen molar-refractivity contribution in [2.24, 2.45) is 5.41 Å². The minimum absolute atomic E-state index is 0.197. The Morgan fingerprint density at radius 1 is 0.963 bits per heavy atom. The molecule has 0 bridgehead atoms. The largest absolute Gasteiger partial charge is 0.298 e. The van der Waals surface area contributed by atoms with E-state index >= 15 is 0 Å². The summed E-state index contributed by atoms with van der Waals surface area (Å²) in [4.78, 5) is 23.1. The third kappa shape index (κ3) is 6.16. The number of rotatable bonds is 9. The van der Waals surface area contributed by atoms with Crippen LogP contribution in [0.3, 0.4) is 0 Å². The van der Waals surface area contributed by atoms with Crippen LogP contribution in [-0.2, 0) is 6.42 Å². The van der Waals surface area contributed by atoms with Crippen molar-refractivity contribution >= 4 is 12.1 Å². The molecule has 144 valence electrons. The molecule has 0 spiro atoms. The number of ketones is 1. The first kappa shape index (κ1) is 21.1. The summed E-state index contributed by atoms with van der Waals surface area (Å²) in [5, 5.41) is 0. The van der Waals surface area contributed by atoms with Gasteiger partial charge in [-0.1, -0.05) is 82.6 Å². The van der Waals surface area contributed by atoms with E-state index in [0.29, 0.717) is 5.92 Å². The lowest BCUT2D eigenvalue weighted by Gasteiger charge is -2.19. The monoisotopic (exact) mass is 364 g/mol. The van der Waals surface area contributed by atoms with Crippen molar-refractivity contribution < 1.29 is 9.59 Å². The molecule has 2 nitrogen and oxygen atoms in total. The Hall–Kier alpha value is -2.22. The Kier molecular flexibility index (Phi) is 7.53. The van der Waals surface area contributed by atoms with Gasteiger partial charge in [0.15, 0.2) is 5.78 Å². The van der Waals surface area contributed by atoms with Gasteiger partial charge in [0.1, 0.15) is 6.29 Å². The first-order valence-corrected chi connectivity index (χ1v) is 10.0. The van der Waals surface area contributed by atoms with Gasteiger partial charge in [-0.2, -0.15) is 0 Å². The third-order valence-corrected chi connectivity index (χ3v) is 5.20. The number of aldehydes is 1. The van der Waals surface area contributed by atoms with Gasteiger partial charge in [-0.3, -0.25) is 9.59 Å². The highest BCUT2D eigenvalue weighted by Gasteiger charge is 2.22. The van der Waals surface area contributed by atoms with Crippen LogP contribution in [0.5, 0.6) is 0 Å². The highest BCUT2D eigenvalue weighted by molar-refractivity contribution is 5.99. The summed E-state index contributed by atoms with van der Waals surface area (Å²) >= 11 is 0. The van der Waals surface area contributed by atoms with Gasteiger partial charge in [0.2, 0.25) is 0 Å². The van der Waals surface area contributed by atoms with Crippen molar-refractivity contribution in [3.63, 3.8) is 0 Å². The van der Waals surface area contributed by atoms with E-state index in [0.717, 1.165) is 43.1 Å². The molecular formula is C25H32O2. The van der Waals surface area contributed by atoms with Crippen molar-refractivity contribution in [2.75, 3.05) is 0 Å². The van der Waals surface area contributed by atoms with Crippen LogP contribution in [0.1, 0.15) is 91.1 Å². The van der Waals surface area contributed by atoms with Gasteiger partial charge in [0.05, 0.1) is 0 Å². The van der Waals surface area contributed by atoms with Gasteiger partial charge in [-0.15, -0.1) is 0 Å². The minimum atomic E-state index is -0.338. The SMILES string of the molecule is CC[C@H](CCCCc1ccc(C=O)cc1)c1ccc(C(=O)C(C)(C)C)cc1. The first-order valence-electron chi connectivity index (χ1n) is 10.0. The second-order valence-electron chi connectivity index (χ2n) is 8.41. The number of benzene rings is 2. The Labute approximate surface area is 164 Å². The summed E-state index contributed by atoms with van der Waals surface area (Å²) in [5.41, 5.74) is 3.82. The molecule has 27 heavy (non-hydrogen) atoms. The predicted octanol–water partition coefficient (Wildman–Crippen LogP) is 6.63. The molecule has 0 aromatic heterocycles. The van der Waals surface area contributed by atoms with E-state index in [2.05, 4.69) is 19.1 Å². The van der Waals surface area contributed by atoms with Crippen molar-refractivity contribution in [1.82, 2.24) is 0 Å². The van der Waals surface area contributed by atoms with Gasteiger partial charge in [-0.25, -0.2) is 0 Å². The van der Waals surface area contributed by atoms with Gasteiger partial charge < -0.3 is 0 Å². The Balaban J connectivity index is 1.87. The molecular weight excluding hydrogens is 332 g/mol. The number of carbonyl (C=O) groups excluding carboxylic acids is 2. The molecule has 0 saturated carbocycles. The molecule has 0 unspecified atom stereocenters. The maximum absolute atomic E-state index is 12.4. The second-order valence-corrected chi connectivity index (χ2v) is 8.41. The zero-order chi connectivity index (χ0) is 19.9. The average molecular weight is 365 g/mol. The Morgan fingerprint density at radius 2 is 1.59 bits per heavy atom. The highest BCUT2D eigenvalue weighted by Crippen LogP contribution is 2.28. The van der Waals surface area contributed by atoms with Crippen molar-refractivity contribution in [3.8, 4) is 0 Å². The van der Waals surface area contributed by atoms with Gasteiger partial charge in [0, 0.05) is 16.5 Å². The highest BCUT2D eigenvalue weighted by atomic mass is 16.1. The number of unbranched alkanes of at least 4 members (excludes halogenated alkanes) is 1. The van der Waals surface area contributed by atoms with Crippen LogP contribution >= 0.6 is 0 Å². The van der Waals surface area contributed by atoms with Crippen LogP contribution < -0.4 is 0 Å². The maximum Gasteiger partial charge on any atom is 0.168 e. The molecule has 0 aliphatic heterocycles. The van der Waals surface area contributed by atoms with Crippen LogP contribution in [0.15, 0.2) is 48.5 Å². The van der Waals surface area contributed by atoms with Gasteiger partial charge >= 0.3 is 0 Å². The summed E-state index contributed by atoms with van der Waals surface area (Å²) in [6.07, 6.45) is 6.54. The van der Waals surface area contributed by atoms with Crippen LogP contribution in [0.4, 0.5) is 0 Å². The van der Waals surface area contributed by atoms with E-state index in [4.69, 9.17) is 0 Å². The van der Waals surface area contributed by atoms with Crippen molar-refractivity contribution in [2.45, 2.75) is 65.7 Å². The molecule has 0 radical (unpaired) electrons. The molecule has 2 rings (SSSR count). The molecule has 0 heterocycles. The van der Waals surface area contributed by atoms with Crippen LogP contribution in [-0.4, -0.2) is 12.1 Å². The quantitative estimate of drug-likeness (QED) is 0.284. The molecule has 0 amide bonds. The van der Waals surface area contributed by atoms with E-state index in [1.165, 1.54) is 17.5 Å². The lowest BCUT2D eigenvalue weighted by molar-refractivity contribution is 0.0858. The van der Waals surface area contributed by atoms with Crippen molar-refractivity contribution in [3.05, 3.63) is 70.8 Å². The molecule has 2 aromatic carbocycles. The standard InChI is InChI=1S/C25H32O2/c1-5-21(9-7-6-8-19-10-12-20(18-26)13-11-19)22-14-16-23(17-15-22)24(27)25(2,3)4/h10-18,21H,5-9H2,1-4H3/t21-/m1/s1. The fraction of sp³-hybridized carbons (Fsp3) is 0.440. The zero-order valence-electron chi connectivity index (χ0n) is 17.1. The summed E-state index contributed by atoms with van der Waals surface area (Å²) < 4.78 is 0. The number of hydrogen-bond donors (Lipinski definition) is 0. The summed E-state index contributed by atoms with van der Waals surface area (Å²) in [6.45, 7) is 8.12. The fourth-order valence-electron chi connectivity index (χ4n) is 3.43. The van der Waals surface area contributed by atoms with E-state index in [1.807, 2.05) is 57.2 Å². The predicted molar refractivity (Wildman–Crippen MR) is 113 cm³/mol. The van der Waals surface area contributed by atoms with Crippen LogP contribution in [0.25, 0.3) is 0 Å². The molecule has 2 aromatic rings. The number of hydrogen-bond acceptors (Lipinski definition) is 2.